The van der Waals surface area contributed by atoms with Gasteiger partial charge < -0.3 is 4.90 Å². The Kier molecular flexibility index (Phi) is 8.23. The van der Waals surface area contributed by atoms with E-state index >= 15 is 0 Å². The second-order valence-corrected chi connectivity index (χ2v) is 15.3. The highest BCUT2D eigenvalue weighted by Gasteiger charge is 2.38. The normalized spacial score (nSPS) is 12.6. The molecule has 0 N–H and O–H groups in total. The Labute approximate surface area is 329 Å². The zero-order chi connectivity index (χ0) is 37.6. The zero-order valence-corrected chi connectivity index (χ0v) is 31.7. The molecular weight excluding hydrogens is 675 g/mol. The molecule has 0 amide bonds. The van der Waals surface area contributed by atoms with E-state index in [0.717, 1.165) is 17.1 Å². The molecular formula is C55H41N. The molecule has 266 valence electrons. The molecule has 0 fully saturated rings. The van der Waals surface area contributed by atoms with Gasteiger partial charge in [-0.25, -0.2) is 0 Å². The van der Waals surface area contributed by atoms with Crippen LogP contribution in [0.5, 0.6) is 0 Å². The van der Waals surface area contributed by atoms with Crippen LogP contribution >= 0.6 is 0 Å². The maximum Gasteiger partial charge on any atom is 0.0540 e. The number of rotatable bonds is 7. The molecule has 0 saturated carbocycles. The van der Waals surface area contributed by atoms with Gasteiger partial charge >= 0.3 is 0 Å². The third-order valence-corrected chi connectivity index (χ3v) is 11.7. The summed E-state index contributed by atoms with van der Waals surface area (Å²) in [5.74, 6) is 0. The van der Waals surface area contributed by atoms with Crippen molar-refractivity contribution in [3.8, 4) is 55.6 Å². The zero-order valence-electron chi connectivity index (χ0n) is 31.7. The van der Waals surface area contributed by atoms with Gasteiger partial charge in [0.2, 0.25) is 0 Å². The summed E-state index contributed by atoms with van der Waals surface area (Å²) >= 11 is 0. The second-order valence-electron chi connectivity index (χ2n) is 15.3. The van der Waals surface area contributed by atoms with Crippen LogP contribution in [0.3, 0.4) is 0 Å². The first-order valence-electron chi connectivity index (χ1n) is 19.5. The third kappa shape index (κ3) is 5.72. The monoisotopic (exact) mass is 715 g/mol. The molecule has 0 radical (unpaired) electrons. The Balaban J connectivity index is 1.14. The van der Waals surface area contributed by atoms with Crippen LogP contribution in [0, 0.1) is 0 Å². The maximum absolute atomic E-state index is 2.45. The Bertz CT molecular complexity index is 2840. The van der Waals surface area contributed by atoms with Crippen LogP contribution in [0.1, 0.15) is 25.0 Å². The number of hydrogen-bond acceptors (Lipinski definition) is 1. The van der Waals surface area contributed by atoms with E-state index in [1.54, 1.807) is 0 Å². The van der Waals surface area contributed by atoms with Crippen LogP contribution in [-0.2, 0) is 5.41 Å². The molecule has 10 rings (SSSR count). The molecule has 0 unspecified atom stereocenters. The minimum atomic E-state index is -0.217. The highest BCUT2D eigenvalue weighted by atomic mass is 15.1. The highest BCUT2D eigenvalue weighted by molar-refractivity contribution is 6.06. The molecule has 9 aromatic carbocycles. The van der Waals surface area contributed by atoms with E-state index in [4.69, 9.17) is 0 Å². The van der Waals surface area contributed by atoms with Crippen molar-refractivity contribution in [1.82, 2.24) is 0 Å². The van der Waals surface area contributed by atoms with Crippen molar-refractivity contribution in [2.24, 2.45) is 0 Å². The lowest BCUT2D eigenvalue weighted by Gasteiger charge is -2.30. The van der Waals surface area contributed by atoms with Gasteiger partial charge in [0.1, 0.15) is 0 Å². The fourth-order valence-corrected chi connectivity index (χ4v) is 8.92. The molecule has 1 aliphatic rings. The summed E-state index contributed by atoms with van der Waals surface area (Å²) in [6.45, 7) is 4.80. The largest absolute Gasteiger partial charge is 0.310 e. The summed E-state index contributed by atoms with van der Waals surface area (Å²) in [4.78, 5) is 2.45. The van der Waals surface area contributed by atoms with Gasteiger partial charge in [-0.05, 0) is 108 Å². The molecule has 1 nitrogen and oxygen atoms in total. The van der Waals surface area contributed by atoms with Gasteiger partial charge in [-0.3, -0.25) is 0 Å². The van der Waals surface area contributed by atoms with Crippen molar-refractivity contribution >= 4 is 27.8 Å². The van der Waals surface area contributed by atoms with Crippen LogP contribution < -0.4 is 4.90 Å². The van der Waals surface area contributed by atoms with Crippen molar-refractivity contribution in [1.29, 1.82) is 0 Å². The summed E-state index contributed by atoms with van der Waals surface area (Å²) in [5, 5.41) is 2.62. The van der Waals surface area contributed by atoms with Gasteiger partial charge in [-0.15, -0.1) is 0 Å². The van der Waals surface area contributed by atoms with Crippen LogP contribution in [0.4, 0.5) is 17.1 Å². The van der Waals surface area contributed by atoms with Crippen molar-refractivity contribution in [3.05, 3.63) is 223 Å². The van der Waals surface area contributed by atoms with Crippen molar-refractivity contribution < 1.29 is 0 Å². The number of para-hydroxylation sites is 1. The number of fused-ring (bicyclic) bond motifs is 5. The van der Waals surface area contributed by atoms with Gasteiger partial charge in [-0.1, -0.05) is 190 Å². The van der Waals surface area contributed by atoms with Crippen LogP contribution in [-0.4, -0.2) is 0 Å². The topological polar surface area (TPSA) is 3.24 Å². The van der Waals surface area contributed by atoms with Crippen LogP contribution in [0.25, 0.3) is 66.4 Å². The predicted molar refractivity (Wildman–Crippen MR) is 238 cm³/mol. The molecule has 0 aromatic heterocycles. The molecule has 0 saturated heterocycles. The summed E-state index contributed by atoms with van der Waals surface area (Å²) in [7, 11) is 0. The average Bonchev–Trinajstić information content (AvgIpc) is 3.50. The number of nitrogens with zero attached hydrogens (tertiary/aromatic N) is 1. The van der Waals surface area contributed by atoms with E-state index in [-0.39, 0.29) is 5.41 Å². The lowest BCUT2D eigenvalue weighted by atomic mass is 9.79. The summed E-state index contributed by atoms with van der Waals surface area (Å²) in [6.07, 6.45) is 0. The summed E-state index contributed by atoms with van der Waals surface area (Å²) < 4.78 is 0. The van der Waals surface area contributed by atoms with Gasteiger partial charge in [-0.2, -0.15) is 0 Å². The minimum absolute atomic E-state index is 0.217. The molecule has 0 heterocycles. The van der Waals surface area contributed by atoms with Crippen molar-refractivity contribution in [2.75, 3.05) is 4.90 Å². The minimum Gasteiger partial charge on any atom is -0.310 e. The molecule has 56 heavy (non-hydrogen) atoms. The quantitative estimate of drug-likeness (QED) is 0.159. The van der Waals surface area contributed by atoms with E-state index in [2.05, 4.69) is 231 Å². The molecule has 0 aliphatic heterocycles. The van der Waals surface area contributed by atoms with Gasteiger partial charge in [0.25, 0.3) is 0 Å². The second kappa shape index (κ2) is 13.7. The first kappa shape index (κ1) is 33.6. The number of benzene rings is 9. The first-order valence-corrected chi connectivity index (χ1v) is 19.5. The summed E-state index contributed by atoms with van der Waals surface area (Å²) in [5.41, 5.74) is 18.3. The lowest BCUT2D eigenvalue weighted by molar-refractivity contribution is 0.666. The van der Waals surface area contributed by atoms with E-state index in [1.165, 1.54) is 77.5 Å². The molecule has 0 spiro atoms. The number of anilines is 3. The van der Waals surface area contributed by atoms with E-state index < -0.39 is 0 Å². The standard InChI is InChI=1S/C55H41N/c1-55(2)52-36-45(34-35-48(52)51-37-50(42-20-10-5-11-21-42)47-23-12-13-24-49(47)54(51)55)56(44-32-30-41(31-33-44)39-18-8-4-9-19-39)53-25-15-14-22-46(53)43-28-26-40(27-29-43)38-16-6-3-7-17-38/h3-37H,1-2H3. The lowest BCUT2D eigenvalue weighted by Crippen LogP contribution is -2.17. The van der Waals surface area contributed by atoms with E-state index in [1.807, 2.05) is 0 Å². The van der Waals surface area contributed by atoms with Crippen molar-refractivity contribution in [2.45, 2.75) is 19.3 Å². The number of hydrogen-bond donors (Lipinski definition) is 0. The Morgan fingerprint density at radius 2 is 0.786 bits per heavy atom. The average molecular weight is 716 g/mol. The third-order valence-electron chi connectivity index (χ3n) is 11.7. The van der Waals surface area contributed by atoms with Crippen LogP contribution in [0.15, 0.2) is 212 Å². The highest BCUT2D eigenvalue weighted by Crippen LogP contribution is 2.55. The first-order chi connectivity index (χ1) is 27.5. The van der Waals surface area contributed by atoms with Gasteiger partial charge in [0, 0.05) is 22.4 Å². The predicted octanol–water partition coefficient (Wildman–Crippen LogP) is 15.3. The molecule has 0 bridgehead atoms. The summed E-state index contributed by atoms with van der Waals surface area (Å²) in [6, 6.07) is 77.4. The Morgan fingerprint density at radius 1 is 0.321 bits per heavy atom. The Morgan fingerprint density at radius 3 is 1.43 bits per heavy atom. The van der Waals surface area contributed by atoms with Crippen LogP contribution in [0.2, 0.25) is 0 Å². The molecule has 1 aliphatic carbocycles. The molecule has 1 heteroatoms. The van der Waals surface area contributed by atoms with Gasteiger partial charge in [0.15, 0.2) is 0 Å². The van der Waals surface area contributed by atoms with E-state index in [0.29, 0.717) is 0 Å². The van der Waals surface area contributed by atoms with Gasteiger partial charge in [0.05, 0.1) is 5.69 Å². The molecule has 0 atom stereocenters. The van der Waals surface area contributed by atoms with Crippen molar-refractivity contribution in [3.63, 3.8) is 0 Å². The SMILES string of the molecule is CC1(C)c2cc(N(c3ccc(-c4ccccc4)cc3)c3ccccc3-c3ccc(-c4ccccc4)cc3)ccc2-c2cc(-c3ccccc3)c3ccccc3c21. The Hall–Kier alpha value is -6.96. The fraction of sp³-hybridized carbons (Fsp3) is 0.0545. The van der Waals surface area contributed by atoms with E-state index in [9.17, 15) is 0 Å². The maximum atomic E-state index is 2.45. The molecule has 9 aromatic rings. The smallest absolute Gasteiger partial charge is 0.0540 e. The fourth-order valence-electron chi connectivity index (χ4n) is 8.92.